The Morgan fingerprint density at radius 3 is 2.70 bits per heavy atom. The van der Waals surface area contributed by atoms with E-state index in [9.17, 15) is 23.1 Å². The van der Waals surface area contributed by atoms with Crippen LogP contribution in [0.15, 0.2) is 12.4 Å². The lowest BCUT2D eigenvalue weighted by atomic mass is 10.00. The summed E-state index contributed by atoms with van der Waals surface area (Å²) in [6.07, 6.45) is -1.22. The minimum atomic E-state index is -4.29. The molecule has 1 amide bonds. The first-order valence-electron chi connectivity index (χ1n) is 5.73. The largest absolute Gasteiger partial charge is 0.397 e. The van der Waals surface area contributed by atoms with Crippen LogP contribution < -0.4 is 5.32 Å². The van der Waals surface area contributed by atoms with E-state index in [4.69, 9.17) is 0 Å². The maximum absolute atomic E-state index is 11.9. The number of hydrogen-bond donors (Lipinski definition) is 2. The molecule has 20 heavy (non-hydrogen) atoms. The van der Waals surface area contributed by atoms with Gasteiger partial charge in [0.1, 0.15) is 5.60 Å². The number of carbonyl (C=O) groups is 1. The van der Waals surface area contributed by atoms with Crippen LogP contribution >= 0.6 is 11.8 Å². The number of carbonyl (C=O) groups excluding carboxylic acids is 1. The number of nitrogens with one attached hydrogen (secondary N) is 1. The molecule has 1 atom stereocenters. The smallest absolute Gasteiger partial charge is 0.383 e. The molecule has 1 heterocycles. The van der Waals surface area contributed by atoms with Gasteiger partial charge >= 0.3 is 6.18 Å². The molecule has 1 unspecified atom stereocenters. The Morgan fingerprint density at radius 1 is 1.55 bits per heavy atom. The molecular weight excluding hydrogens is 295 g/mol. The number of halogens is 3. The molecule has 114 valence electrons. The van der Waals surface area contributed by atoms with Crippen LogP contribution in [-0.4, -0.2) is 45.0 Å². The molecule has 2 N–H and O–H groups in total. The standard InChI is InChI=1S/C11H16F3N3O2S/c1-10(19,8-3-16-17(2)4-8)6-15-9(18)5-20-7-11(12,13)14/h3-4,19H,5-7H2,1-2H3,(H,15,18). The van der Waals surface area contributed by atoms with E-state index in [-0.39, 0.29) is 12.3 Å². The van der Waals surface area contributed by atoms with Crippen LogP contribution in [0.4, 0.5) is 13.2 Å². The second kappa shape index (κ2) is 6.49. The van der Waals surface area contributed by atoms with Gasteiger partial charge in [0.2, 0.25) is 5.91 Å². The summed E-state index contributed by atoms with van der Waals surface area (Å²) in [6, 6.07) is 0. The number of amides is 1. The summed E-state index contributed by atoms with van der Waals surface area (Å²) in [5.74, 6) is -1.93. The molecule has 1 aromatic heterocycles. The Balaban J connectivity index is 2.37. The third kappa shape index (κ3) is 5.83. The first-order chi connectivity index (χ1) is 9.10. The number of aliphatic hydroxyl groups is 1. The van der Waals surface area contributed by atoms with Gasteiger partial charge in [-0.3, -0.25) is 9.48 Å². The average Bonchev–Trinajstić information content (AvgIpc) is 2.72. The van der Waals surface area contributed by atoms with Crippen molar-refractivity contribution < 1.29 is 23.1 Å². The van der Waals surface area contributed by atoms with Gasteiger partial charge < -0.3 is 10.4 Å². The molecule has 0 radical (unpaired) electrons. The second-order valence-corrected chi connectivity index (χ2v) is 5.55. The van der Waals surface area contributed by atoms with Crippen LogP contribution in [-0.2, 0) is 17.4 Å². The number of thioether (sulfide) groups is 1. The summed E-state index contributed by atoms with van der Waals surface area (Å²) in [7, 11) is 1.69. The number of nitrogens with zero attached hydrogens (tertiary/aromatic N) is 2. The highest BCUT2D eigenvalue weighted by molar-refractivity contribution is 8.00. The molecule has 0 bridgehead atoms. The highest BCUT2D eigenvalue weighted by Gasteiger charge is 2.28. The Hall–Kier alpha value is -1.22. The lowest BCUT2D eigenvalue weighted by Gasteiger charge is -2.22. The van der Waals surface area contributed by atoms with Gasteiger partial charge in [0.25, 0.3) is 0 Å². The Kier molecular flexibility index (Phi) is 5.46. The van der Waals surface area contributed by atoms with E-state index in [0.717, 1.165) is 0 Å². The molecule has 0 aliphatic rings. The Labute approximate surface area is 118 Å². The summed E-state index contributed by atoms with van der Waals surface area (Å²) < 4.78 is 37.2. The van der Waals surface area contributed by atoms with Crippen LogP contribution in [0.5, 0.6) is 0 Å². The van der Waals surface area contributed by atoms with E-state index in [1.807, 2.05) is 0 Å². The van der Waals surface area contributed by atoms with Crippen molar-refractivity contribution in [1.82, 2.24) is 15.1 Å². The molecule has 9 heteroatoms. The monoisotopic (exact) mass is 311 g/mol. The summed E-state index contributed by atoms with van der Waals surface area (Å²) in [4.78, 5) is 11.4. The quantitative estimate of drug-likeness (QED) is 0.824. The Bertz CT molecular complexity index is 460. The van der Waals surface area contributed by atoms with Crippen molar-refractivity contribution in [1.29, 1.82) is 0 Å². The van der Waals surface area contributed by atoms with Crippen molar-refractivity contribution in [2.24, 2.45) is 7.05 Å². The zero-order chi connectivity index (χ0) is 15.4. The molecule has 1 aromatic rings. The number of alkyl halides is 3. The molecule has 0 spiro atoms. The van der Waals surface area contributed by atoms with Crippen molar-refractivity contribution in [3.63, 3.8) is 0 Å². The molecule has 5 nitrogen and oxygen atoms in total. The third-order valence-electron chi connectivity index (χ3n) is 2.46. The Morgan fingerprint density at radius 2 is 2.20 bits per heavy atom. The van der Waals surface area contributed by atoms with Crippen molar-refractivity contribution in [2.75, 3.05) is 18.1 Å². The van der Waals surface area contributed by atoms with E-state index in [2.05, 4.69) is 10.4 Å². The maximum atomic E-state index is 11.9. The predicted octanol–water partition coefficient (Wildman–Crippen LogP) is 1.04. The molecule has 0 saturated carbocycles. The fraction of sp³-hybridized carbons (Fsp3) is 0.636. The molecule has 0 aliphatic heterocycles. The van der Waals surface area contributed by atoms with Crippen LogP contribution in [0.25, 0.3) is 0 Å². The number of rotatable bonds is 6. The van der Waals surface area contributed by atoms with Crippen LogP contribution in [0.2, 0.25) is 0 Å². The van der Waals surface area contributed by atoms with Gasteiger partial charge in [-0.2, -0.15) is 18.3 Å². The average molecular weight is 311 g/mol. The minimum absolute atomic E-state index is 0.0932. The minimum Gasteiger partial charge on any atom is -0.383 e. The van der Waals surface area contributed by atoms with Gasteiger partial charge in [0, 0.05) is 18.8 Å². The van der Waals surface area contributed by atoms with E-state index in [0.29, 0.717) is 17.3 Å². The third-order valence-corrected chi connectivity index (χ3v) is 3.45. The van der Waals surface area contributed by atoms with Crippen LogP contribution in [0.3, 0.4) is 0 Å². The normalized spacial score (nSPS) is 14.9. The highest BCUT2D eigenvalue weighted by atomic mass is 32.2. The predicted molar refractivity (Wildman–Crippen MR) is 69.2 cm³/mol. The molecule has 1 rings (SSSR count). The number of aromatic nitrogens is 2. The number of aryl methyl sites for hydroxylation is 1. The zero-order valence-electron chi connectivity index (χ0n) is 11.1. The van der Waals surface area contributed by atoms with Gasteiger partial charge in [0.05, 0.1) is 24.2 Å². The first-order valence-corrected chi connectivity index (χ1v) is 6.88. The molecule has 0 fully saturated rings. The SMILES string of the molecule is Cn1cc(C(C)(O)CNC(=O)CSCC(F)(F)F)cn1. The van der Waals surface area contributed by atoms with Crippen molar-refractivity contribution in [3.05, 3.63) is 18.0 Å². The lowest BCUT2D eigenvalue weighted by Crippen LogP contribution is -2.39. The van der Waals surface area contributed by atoms with Crippen LogP contribution in [0, 0.1) is 0 Å². The molecule has 0 aromatic carbocycles. The summed E-state index contributed by atoms with van der Waals surface area (Å²) in [5, 5.41) is 16.5. The van der Waals surface area contributed by atoms with Gasteiger partial charge in [-0.1, -0.05) is 0 Å². The topological polar surface area (TPSA) is 67.2 Å². The zero-order valence-corrected chi connectivity index (χ0v) is 11.9. The van der Waals surface area contributed by atoms with E-state index in [1.54, 1.807) is 13.2 Å². The van der Waals surface area contributed by atoms with E-state index in [1.165, 1.54) is 17.8 Å². The summed E-state index contributed by atoms with van der Waals surface area (Å²) in [5.41, 5.74) is -0.804. The van der Waals surface area contributed by atoms with Crippen LogP contribution in [0.1, 0.15) is 12.5 Å². The number of hydrogen-bond acceptors (Lipinski definition) is 4. The summed E-state index contributed by atoms with van der Waals surface area (Å²) >= 11 is 0.484. The van der Waals surface area contributed by atoms with Gasteiger partial charge in [-0.15, -0.1) is 11.8 Å². The van der Waals surface area contributed by atoms with Gasteiger partial charge in [-0.05, 0) is 6.92 Å². The van der Waals surface area contributed by atoms with Crippen molar-refractivity contribution >= 4 is 17.7 Å². The van der Waals surface area contributed by atoms with E-state index < -0.39 is 23.4 Å². The summed E-state index contributed by atoms with van der Waals surface area (Å²) in [6.45, 7) is 1.40. The molecule has 0 saturated heterocycles. The highest BCUT2D eigenvalue weighted by Crippen LogP contribution is 2.21. The van der Waals surface area contributed by atoms with E-state index >= 15 is 0 Å². The fourth-order valence-corrected chi connectivity index (χ4v) is 2.00. The molecular formula is C11H16F3N3O2S. The lowest BCUT2D eigenvalue weighted by molar-refractivity contribution is -0.119. The van der Waals surface area contributed by atoms with Crippen molar-refractivity contribution in [3.8, 4) is 0 Å². The first kappa shape index (κ1) is 16.8. The second-order valence-electron chi connectivity index (χ2n) is 4.56. The maximum Gasteiger partial charge on any atom is 0.397 e. The van der Waals surface area contributed by atoms with Crippen molar-refractivity contribution in [2.45, 2.75) is 18.7 Å². The van der Waals surface area contributed by atoms with Gasteiger partial charge in [0.15, 0.2) is 0 Å². The molecule has 0 aliphatic carbocycles. The fourth-order valence-electron chi connectivity index (χ4n) is 1.38. The van der Waals surface area contributed by atoms with Gasteiger partial charge in [-0.25, -0.2) is 0 Å².